The fourth-order valence-corrected chi connectivity index (χ4v) is 7.60. The van der Waals surface area contributed by atoms with Crippen LogP contribution in [0.1, 0.15) is 0 Å². The molecule has 4 heteroatoms. The molecule has 0 unspecified atom stereocenters. The molecule has 4 nitrogen and oxygen atoms in total. The predicted molar refractivity (Wildman–Crippen MR) is 207 cm³/mol. The topological polar surface area (TPSA) is 35.6 Å². The summed E-state index contributed by atoms with van der Waals surface area (Å²) < 4.78 is 4.77. The smallest absolute Gasteiger partial charge is 0.0541 e. The van der Waals surface area contributed by atoms with Crippen LogP contribution in [0, 0.1) is 0 Å². The summed E-state index contributed by atoms with van der Waals surface area (Å²) in [6.45, 7) is 0. The van der Waals surface area contributed by atoms with Gasteiger partial charge in [0, 0.05) is 57.7 Å². The number of para-hydroxylation sites is 3. The molecule has 0 aliphatic carbocycles. The maximum Gasteiger partial charge on any atom is 0.0541 e. The summed E-state index contributed by atoms with van der Waals surface area (Å²) >= 11 is 0. The predicted octanol–water partition coefficient (Wildman–Crippen LogP) is 11.7. The Kier molecular flexibility index (Phi) is 6.46. The highest BCUT2D eigenvalue weighted by atomic mass is 15.0. The Hall–Kier alpha value is -6.78. The van der Waals surface area contributed by atoms with Crippen molar-refractivity contribution in [3.05, 3.63) is 183 Å². The van der Waals surface area contributed by atoms with E-state index in [1.807, 2.05) is 24.8 Å². The lowest BCUT2D eigenvalue weighted by molar-refractivity contribution is 1.18. The van der Waals surface area contributed by atoms with Gasteiger partial charge in [-0.05, 0) is 124 Å². The molecule has 4 aromatic heterocycles. The number of hydrogen-bond acceptors (Lipinski definition) is 2. The Morgan fingerprint density at radius 2 is 0.720 bits per heavy atom. The standard InChI is InChI=1S/C46H30N4/c1-2-8-37(9-3-1)49-43-12-6-4-10-39(43)41-29-33(14-16-45(41)49)34-15-17-46-42(30-34)40-11-5-7-13-44(40)50(46)38-27-35(31-18-22-47-23-19-31)26-36(28-38)32-20-24-48-25-21-32/h1-30H. The Morgan fingerprint density at radius 3 is 1.24 bits per heavy atom. The molecule has 10 rings (SSSR count). The Balaban J connectivity index is 1.17. The Morgan fingerprint density at radius 1 is 0.280 bits per heavy atom. The van der Waals surface area contributed by atoms with Gasteiger partial charge in [0.1, 0.15) is 0 Å². The quantitative estimate of drug-likeness (QED) is 0.188. The van der Waals surface area contributed by atoms with Gasteiger partial charge in [-0.2, -0.15) is 0 Å². The molecule has 4 heterocycles. The number of hydrogen-bond donors (Lipinski definition) is 0. The van der Waals surface area contributed by atoms with Crippen LogP contribution in [0.25, 0.3) is 88.4 Å². The summed E-state index contributed by atoms with van der Waals surface area (Å²) in [6, 6.07) is 57.0. The van der Waals surface area contributed by atoms with Gasteiger partial charge < -0.3 is 9.13 Å². The largest absolute Gasteiger partial charge is 0.309 e. The highest BCUT2D eigenvalue weighted by Crippen LogP contribution is 2.39. The third kappa shape index (κ3) is 4.54. The van der Waals surface area contributed by atoms with Crippen molar-refractivity contribution < 1.29 is 0 Å². The second-order valence-corrected chi connectivity index (χ2v) is 12.7. The normalized spacial score (nSPS) is 11.6. The molecule has 50 heavy (non-hydrogen) atoms. The van der Waals surface area contributed by atoms with Crippen LogP contribution in [0.5, 0.6) is 0 Å². The van der Waals surface area contributed by atoms with Crippen LogP contribution < -0.4 is 0 Å². The third-order valence-corrected chi connectivity index (χ3v) is 9.90. The lowest BCUT2D eigenvalue weighted by Crippen LogP contribution is -1.96. The van der Waals surface area contributed by atoms with E-state index in [9.17, 15) is 0 Å². The van der Waals surface area contributed by atoms with Crippen molar-refractivity contribution in [2.75, 3.05) is 0 Å². The van der Waals surface area contributed by atoms with Crippen LogP contribution >= 0.6 is 0 Å². The minimum absolute atomic E-state index is 1.11. The molecule has 0 bridgehead atoms. The number of aromatic nitrogens is 4. The molecule has 0 aliphatic heterocycles. The fraction of sp³-hybridized carbons (Fsp3) is 0. The molecule has 0 N–H and O–H groups in total. The highest BCUT2D eigenvalue weighted by Gasteiger charge is 2.17. The fourth-order valence-electron chi connectivity index (χ4n) is 7.60. The molecule has 10 aromatic rings. The van der Waals surface area contributed by atoms with E-state index >= 15 is 0 Å². The summed E-state index contributed by atoms with van der Waals surface area (Å²) in [7, 11) is 0. The van der Waals surface area contributed by atoms with Gasteiger partial charge in [0.05, 0.1) is 22.1 Å². The molecular formula is C46H30N4. The molecule has 0 atom stereocenters. The first-order valence-corrected chi connectivity index (χ1v) is 16.9. The molecule has 0 aliphatic rings. The van der Waals surface area contributed by atoms with Crippen molar-refractivity contribution in [1.29, 1.82) is 0 Å². The van der Waals surface area contributed by atoms with E-state index in [1.165, 1.54) is 60.4 Å². The van der Waals surface area contributed by atoms with Crippen molar-refractivity contribution in [3.63, 3.8) is 0 Å². The van der Waals surface area contributed by atoms with Crippen LogP contribution in [0.2, 0.25) is 0 Å². The van der Waals surface area contributed by atoms with Crippen molar-refractivity contribution in [2.45, 2.75) is 0 Å². The molecule has 0 spiro atoms. The zero-order valence-electron chi connectivity index (χ0n) is 27.1. The van der Waals surface area contributed by atoms with Crippen molar-refractivity contribution in [1.82, 2.24) is 19.1 Å². The van der Waals surface area contributed by atoms with Gasteiger partial charge in [-0.1, -0.05) is 66.7 Å². The van der Waals surface area contributed by atoms with Gasteiger partial charge in [0.15, 0.2) is 0 Å². The molecule has 0 radical (unpaired) electrons. The van der Waals surface area contributed by atoms with Gasteiger partial charge in [-0.25, -0.2) is 0 Å². The number of fused-ring (bicyclic) bond motifs is 6. The monoisotopic (exact) mass is 638 g/mol. The highest BCUT2D eigenvalue weighted by molar-refractivity contribution is 6.12. The van der Waals surface area contributed by atoms with Gasteiger partial charge in [0.2, 0.25) is 0 Å². The lowest BCUT2D eigenvalue weighted by atomic mass is 9.99. The van der Waals surface area contributed by atoms with Gasteiger partial charge in [0.25, 0.3) is 0 Å². The van der Waals surface area contributed by atoms with E-state index in [-0.39, 0.29) is 0 Å². The van der Waals surface area contributed by atoms with Crippen LogP contribution in [-0.2, 0) is 0 Å². The van der Waals surface area contributed by atoms with Crippen LogP contribution in [0.4, 0.5) is 0 Å². The summed E-state index contributed by atoms with van der Waals surface area (Å²) in [6.07, 6.45) is 7.42. The molecule has 0 saturated heterocycles. The Bertz CT molecular complexity index is 2790. The van der Waals surface area contributed by atoms with Crippen LogP contribution in [0.15, 0.2) is 183 Å². The lowest BCUT2D eigenvalue weighted by Gasteiger charge is -2.14. The maximum atomic E-state index is 4.27. The van der Waals surface area contributed by atoms with Gasteiger partial charge in [-0.15, -0.1) is 0 Å². The van der Waals surface area contributed by atoms with Gasteiger partial charge >= 0.3 is 0 Å². The average Bonchev–Trinajstić information content (AvgIpc) is 3.71. The molecular weight excluding hydrogens is 609 g/mol. The summed E-state index contributed by atoms with van der Waals surface area (Å²) in [5.74, 6) is 0. The second-order valence-electron chi connectivity index (χ2n) is 12.7. The SMILES string of the molecule is c1ccc(-n2c3ccccc3c3cc(-c4ccc5c(c4)c4ccccc4n5-c4cc(-c5ccncc5)cc(-c5ccncc5)c4)ccc32)cc1. The van der Waals surface area contributed by atoms with E-state index in [0.29, 0.717) is 0 Å². The van der Waals surface area contributed by atoms with Gasteiger partial charge in [-0.3, -0.25) is 9.97 Å². The maximum absolute atomic E-state index is 4.27. The van der Waals surface area contributed by atoms with Crippen molar-refractivity contribution >= 4 is 43.6 Å². The minimum atomic E-state index is 1.11. The average molecular weight is 639 g/mol. The second kappa shape index (κ2) is 11.4. The number of nitrogens with zero attached hydrogens (tertiary/aromatic N) is 4. The van der Waals surface area contributed by atoms with E-state index in [4.69, 9.17) is 0 Å². The first kappa shape index (κ1) is 28.3. The summed E-state index contributed by atoms with van der Waals surface area (Å²) in [4.78, 5) is 8.54. The van der Waals surface area contributed by atoms with E-state index in [1.54, 1.807) is 0 Å². The molecule has 6 aromatic carbocycles. The number of benzene rings is 6. The van der Waals surface area contributed by atoms with E-state index < -0.39 is 0 Å². The Labute approximate surface area is 289 Å². The summed E-state index contributed by atoms with van der Waals surface area (Å²) in [5, 5.41) is 4.96. The van der Waals surface area contributed by atoms with E-state index in [2.05, 4.69) is 177 Å². The van der Waals surface area contributed by atoms with E-state index in [0.717, 1.165) is 27.9 Å². The molecule has 234 valence electrons. The molecule has 0 amide bonds. The van der Waals surface area contributed by atoms with Crippen molar-refractivity contribution in [3.8, 4) is 44.8 Å². The summed E-state index contributed by atoms with van der Waals surface area (Å²) in [5.41, 5.74) is 14.0. The zero-order chi connectivity index (χ0) is 33.0. The zero-order valence-corrected chi connectivity index (χ0v) is 27.1. The number of rotatable bonds is 5. The van der Waals surface area contributed by atoms with Crippen LogP contribution in [0.3, 0.4) is 0 Å². The first-order chi connectivity index (χ1) is 24.8. The molecule has 0 fully saturated rings. The third-order valence-electron chi connectivity index (χ3n) is 9.90. The minimum Gasteiger partial charge on any atom is -0.309 e. The first-order valence-electron chi connectivity index (χ1n) is 16.9. The van der Waals surface area contributed by atoms with Crippen LogP contribution in [-0.4, -0.2) is 19.1 Å². The molecule has 0 saturated carbocycles. The number of pyridine rings is 2. The van der Waals surface area contributed by atoms with Crippen molar-refractivity contribution in [2.24, 2.45) is 0 Å².